The van der Waals surface area contributed by atoms with Gasteiger partial charge in [0.05, 0.1) is 14.2 Å². The van der Waals surface area contributed by atoms with Gasteiger partial charge < -0.3 is 10.1 Å². The fraction of sp³-hybridized carbons (Fsp3) is 0.235. The molecule has 134 valence electrons. The van der Waals surface area contributed by atoms with Crippen LogP contribution in [0.2, 0.25) is 5.02 Å². The summed E-state index contributed by atoms with van der Waals surface area (Å²) in [6.45, 7) is -0.422. The average molecular weight is 376 g/mol. The molecule has 0 radical (unpaired) electrons. The summed E-state index contributed by atoms with van der Waals surface area (Å²) < 4.78 is 6.47. The lowest BCUT2D eigenvalue weighted by Crippen LogP contribution is -2.56. The summed E-state index contributed by atoms with van der Waals surface area (Å²) in [5.74, 6) is -1.28. The van der Waals surface area contributed by atoms with Crippen LogP contribution in [0, 0.1) is 5.92 Å². The number of carbonyl (C=O) groups is 3. The highest BCUT2D eigenvalue weighted by Gasteiger charge is 2.49. The van der Waals surface area contributed by atoms with Crippen molar-refractivity contribution in [2.75, 3.05) is 26.0 Å². The minimum Gasteiger partial charge on any atom is -0.499 e. The summed E-state index contributed by atoms with van der Waals surface area (Å²) >= 11 is 5.80. The SMILES string of the molecule is COC1=CC=NC2=[N+](C)C(=O)N(CC(=O)Nc3ccc(Cl)cc3)C(=O)C12. The topological polar surface area (TPSA) is 91.1 Å². The molecule has 0 aliphatic carbocycles. The number of benzene rings is 1. The summed E-state index contributed by atoms with van der Waals surface area (Å²) in [7, 11) is 2.93. The number of urea groups is 1. The summed E-state index contributed by atoms with van der Waals surface area (Å²) in [6.07, 6.45) is 3.02. The highest BCUT2D eigenvalue weighted by Crippen LogP contribution is 2.24. The van der Waals surface area contributed by atoms with Crippen LogP contribution in [-0.4, -0.2) is 60.1 Å². The first-order valence-electron chi connectivity index (χ1n) is 7.72. The maximum atomic E-state index is 12.8. The smallest absolute Gasteiger partial charge is 0.446 e. The van der Waals surface area contributed by atoms with E-state index in [1.54, 1.807) is 30.3 Å². The van der Waals surface area contributed by atoms with Crippen molar-refractivity contribution in [3.05, 3.63) is 41.1 Å². The maximum Gasteiger partial charge on any atom is 0.446 e. The molecule has 0 fully saturated rings. The fourth-order valence-corrected chi connectivity index (χ4v) is 2.86. The van der Waals surface area contributed by atoms with Crippen LogP contribution in [0.25, 0.3) is 0 Å². The van der Waals surface area contributed by atoms with E-state index >= 15 is 0 Å². The van der Waals surface area contributed by atoms with Crippen LogP contribution in [0.1, 0.15) is 0 Å². The van der Waals surface area contributed by atoms with Crippen molar-refractivity contribution >= 4 is 47.2 Å². The molecule has 1 aromatic carbocycles. The van der Waals surface area contributed by atoms with E-state index in [-0.39, 0.29) is 5.84 Å². The van der Waals surface area contributed by atoms with Gasteiger partial charge >= 0.3 is 11.9 Å². The van der Waals surface area contributed by atoms with E-state index in [4.69, 9.17) is 16.3 Å². The van der Waals surface area contributed by atoms with Gasteiger partial charge in [0.25, 0.3) is 11.7 Å². The Morgan fingerprint density at radius 3 is 2.69 bits per heavy atom. The molecule has 1 aromatic rings. The summed E-state index contributed by atoms with van der Waals surface area (Å²) in [5.41, 5.74) is 0.511. The molecule has 2 aliphatic rings. The number of anilines is 1. The molecule has 2 aliphatic heterocycles. The molecule has 3 rings (SSSR count). The molecule has 1 N–H and O–H groups in total. The molecule has 0 saturated heterocycles. The van der Waals surface area contributed by atoms with Gasteiger partial charge in [0.1, 0.15) is 12.0 Å². The van der Waals surface area contributed by atoms with Crippen LogP contribution >= 0.6 is 11.6 Å². The molecule has 4 amide bonds. The van der Waals surface area contributed by atoms with Gasteiger partial charge in [-0.2, -0.15) is 9.48 Å². The van der Waals surface area contributed by atoms with Gasteiger partial charge in [0.15, 0.2) is 12.5 Å². The first kappa shape index (κ1) is 17.8. The van der Waals surface area contributed by atoms with E-state index in [2.05, 4.69) is 10.3 Å². The number of nitrogens with zero attached hydrogens (tertiary/aromatic N) is 3. The molecule has 0 saturated carbocycles. The highest BCUT2D eigenvalue weighted by atomic mass is 35.5. The van der Waals surface area contributed by atoms with Gasteiger partial charge in [-0.05, 0) is 24.3 Å². The summed E-state index contributed by atoms with van der Waals surface area (Å²) in [4.78, 5) is 42.5. The highest BCUT2D eigenvalue weighted by molar-refractivity contribution is 6.30. The summed E-state index contributed by atoms with van der Waals surface area (Å²) in [5, 5.41) is 3.16. The molecule has 8 nitrogen and oxygen atoms in total. The van der Waals surface area contributed by atoms with Gasteiger partial charge in [-0.15, -0.1) is 4.99 Å². The van der Waals surface area contributed by atoms with E-state index in [1.807, 2.05) is 0 Å². The molecule has 26 heavy (non-hydrogen) atoms. The van der Waals surface area contributed by atoms with Gasteiger partial charge in [-0.1, -0.05) is 11.6 Å². The molecular formula is C17H16ClN4O4+. The van der Waals surface area contributed by atoms with Crippen molar-refractivity contribution in [3.63, 3.8) is 0 Å². The number of rotatable bonds is 4. The number of allylic oxidation sites excluding steroid dienone is 1. The lowest BCUT2D eigenvalue weighted by atomic mass is 9.99. The number of nitrogens with one attached hydrogen (secondary N) is 1. The Morgan fingerprint density at radius 2 is 2.04 bits per heavy atom. The molecule has 1 unspecified atom stereocenters. The zero-order valence-electron chi connectivity index (χ0n) is 14.1. The van der Waals surface area contributed by atoms with E-state index in [1.165, 1.54) is 24.9 Å². The second kappa shape index (κ2) is 7.09. The minimum atomic E-state index is -0.851. The Kier molecular flexibility index (Phi) is 4.85. The van der Waals surface area contributed by atoms with E-state index in [9.17, 15) is 14.4 Å². The third-order valence-electron chi connectivity index (χ3n) is 4.03. The van der Waals surface area contributed by atoms with Gasteiger partial charge in [-0.3, -0.25) is 9.59 Å². The van der Waals surface area contributed by atoms with Crippen molar-refractivity contribution in [3.8, 4) is 0 Å². The second-order valence-corrected chi connectivity index (χ2v) is 6.10. The number of hydrogen-bond donors (Lipinski definition) is 1. The van der Waals surface area contributed by atoms with Crippen molar-refractivity contribution in [2.24, 2.45) is 10.9 Å². The number of hydrogen-bond acceptors (Lipinski definition) is 5. The Balaban J connectivity index is 1.81. The Morgan fingerprint density at radius 1 is 1.35 bits per heavy atom. The van der Waals surface area contributed by atoms with Crippen LogP contribution in [0.3, 0.4) is 0 Å². The molecule has 0 aromatic heterocycles. The zero-order chi connectivity index (χ0) is 18.8. The standard InChI is InChI=1S/C17H15ClN4O4/c1-21-15-14(12(26-2)7-8-19-15)16(24)22(17(21)25)9-13(23)20-11-5-3-10(18)4-6-11/h3-8,14H,9H2,1-2H3/p+1. The van der Waals surface area contributed by atoms with Crippen LogP contribution < -0.4 is 5.32 Å². The third kappa shape index (κ3) is 3.23. The second-order valence-electron chi connectivity index (χ2n) is 5.66. The number of dihydropyridines is 1. The lowest BCUT2D eigenvalue weighted by Gasteiger charge is -2.27. The minimum absolute atomic E-state index is 0.272. The lowest BCUT2D eigenvalue weighted by molar-refractivity contribution is -0.408. The van der Waals surface area contributed by atoms with Gasteiger partial charge in [-0.25, -0.2) is 4.79 Å². The van der Waals surface area contributed by atoms with Crippen molar-refractivity contribution in [2.45, 2.75) is 0 Å². The van der Waals surface area contributed by atoms with Crippen LogP contribution in [0.15, 0.2) is 41.1 Å². The number of halogens is 1. The number of amidine groups is 1. The quantitative estimate of drug-likeness (QED) is 0.807. The Bertz CT molecular complexity index is 873. The monoisotopic (exact) mass is 375 g/mol. The molecule has 9 heteroatoms. The van der Waals surface area contributed by atoms with Gasteiger partial charge in [0.2, 0.25) is 0 Å². The molecular weight excluding hydrogens is 360 g/mol. The number of methoxy groups -OCH3 is 1. The normalized spacial score (nSPS) is 19.3. The number of carbonyl (C=O) groups excluding carboxylic acids is 3. The third-order valence-corrected chi connectivity index (χ3v) is 4.28. The predicted molar refractivity (Wildman–Crippen MR) is 95.5 cm³/mol. The van der Waals surface area contributed by atoms with E-state index < -0.39 is 30.3 Å². The first-order valence-corrected chi connectivity index (χ1v) is 8.09. The largest absolute Gasteiger partial charge is 0.499 e. The number of amides is 4. The van der Waals surface area contributed by atoms with Gasteiger partial charge in [0, 0.05) is 16.8 Å². The van der Waals surface area contributed by atoms with Crippen molar-refractivity contribution in [1.82, 2.24) is 4.90 Å². The average Bonchev–Trinajstić information content (AvgIpc) is 2.64. The number of aliphatic imine (C=N–C) groups is 1. The number of ether oxygens (including phenoxy) is 1. The summed E-state index contributed by atoms with van der Waals surface area (Å²) in [6, 6.07) is 5.87. The van der Waals surface area contributed by atoms with Crippen molar-refractivity contribution < 1.29 is 23.7 Å². The molecule has 0 spiro atoms. The first-order chi connectivity index (χ1) is 12.4. The molecule has 0 bridgehead atoms. The van der Waals surface area contributed by atoms with Crippen LogP contribution in [0.5, 0.6) is 0 Å². The fourth-order valence-electron chi connectivity index (χ4n) is 2.74. The molecule has 2 heterocycles. The van der Waals surface area contributed by atoms with E-state index in [0.717, 1.165) is 4.90 Å². The molecule has 1 atom stereocenters. The number of fused-ring (bicyclic) bond motifs is 1. The number of imide groups is 1. The predicted octanol–water partition coefficient (Wildman–Crippen LogP) is 1.51. The van der Waals surface area contributed by atoms with Crippen LogP contribution in [-0.2, 0) is 14.3 Å². The Labute approximate surface area is 154 Å². The Hall–Kier alpha value is -3.00. The van der Waals surface area contributed by atoms with Crippen LogP contribution in [0.4, 0.5) is 10.5 Å². The zero-order valence-corrected chi connectivity index (χ0v) is 14.9. The maximum absolute atomic E-state index is 12.8. The van der Waals surface area contributed by atoms with Crippen molar-refractivity contribution in [1.29, 1.82) is 0 Å². The van der Waals surface area contributed by atoms with E-state index in [0.29, 0.717) is 16.5 Å².